The molecule has 2 rings (SSSR count). The van der Waals surface area contributed by atoms with Crippen LogP contribution in [0.1, 0.15) is 15.9 Å². The number of esters is 1. The summed E-state index contributed by atoms with van der Waals surface area (Å²) in [7, 11) is -3.16. The summed E-state index contributed by atoms with van der Waals surface area (Å²) in [5, 5.41) is 0.171. The van der Waals surface area contributed by atoms with E-state index in [4.69, 9.17) is 11.6 Å². The maximum Gasteiger partial charge on any atom is 0.339 e. The van der Waals surface area contributed by atoms with Crippen LogP contribution in [0.4, 0.5) is 10.1 Å². The fraction of sp³-hybridized carbons (Fsp3) is 0.133. The van der Waals surface area contributed by atoms with Gasteiger partial charge in [0.25, 0.3) is 10.0 Å². The maximum atomic E-state index is 14.1. The van der Waals surface area contributed by atoms with E-state index in [-0.39, 0.29) is 20.7 Å². The lowest BCUT2D eigenvalue weighted by Crippen LogP contribution is -2.16. The van der Waals surface area contributed by atoms with E-state index in [0.29, 0.717) is 0 Å². The summed E-state index contributed by atoms with van der Waals surface area (Å²) in [5.74, 6) is -1.82. The third-order valence-electron chi connectivity index (χ3n) is 3.09. The van der Waals surface area contributed by atoms with Gasteiger partial charge in [0.2, 0.25) is 0 Å². The summed E-state index contributed by atoms with van der Waals surface area (Å²) in [6, 6.07) is 6.47. The number of sulfonamides is 1. The highest BCUT2D eigenvalue weighted by Crippen LogP contribution is 2.29. The Balaban J connectivity index is 2.51. The largest absolute Gasteiger partial charge is 0.465 e. The molecule has 0 saturated heterocycles. The number of benzene rings is 2. The molecule has 128 valence electrons. The predicted molar refractivity (Wildman–Crippen MR) is 92.4 cm³/mol. The van der Waals surface area contributed by atoms with Crippen molar-refractivity contribution in [2.24, 2.45) is 0 Å². The maximum absolute atomic E-state index is 14.1. The number of anilines is 1. The van der Waals surface area contributed by atoms with Crippen LogP contribution in [-0.2, 0) is 14.8 Å². The van der Waals surface area contributed by atoms with Gasteiger partial charge in [0.05, 0.1) is 23.4 Å². The smallest absolute Gasteiger partial charge is 0.339 e. The number of carbonyl (C=O) groups is 1. The Morgan fingerprint density at radius 3 is 2.54 bits per heavy atom. The van der Waals surface area contributed by atoms with Crippen LogP contribution in [0, 0.1) is 12.7 Å². The molecule has 0 aliphatic carbocycles. The van der Waals surface area contributed by atoms with Crippen LogP contribution in [0.3, 0.4) is 0 Å². The van der Waals surface area contributed by atoms with Gasteiger partial charge in [-0.25, -0.2) is 17.6 Å². The van der Waals surface area contributed by atoms with Crippen LogP contribution in [-0.4, -0.2) is 21.5 Å². The minimum absolute atomic E-state index is 0.0826. The summed E-state index contributed by atoms with van der Waals surface area (Å²) in [5.41, 5.74) is 0.823. The Morgan fingerprint density at radius 1 is 1.29 bits per heavy atom. The second-order valence-electron chi connectivity index (χ2n) is 4.84. The van der Waals surface area contributed by atoms with E-state index in [0.717, 1.165) is 24.8 Å². The monoisotopic (exact) mass is 435 g/mol. The second-order valence-corrected chi connectivity index (χ2v) is 7.76. The number of aryl methyl sites for hydroxylation is 1. The normalized spacial score (nSPS) is 11.2. The van der Waals surface area contributed by atoms with Gasteiger partial charge in [0, 0.05) is 4.47 Å². The lowest BCUT2D eigenvalue weighted by atomic mass is 10.2. The third kappa shape index (κ3) is 3.88. The molecular formula is C15H12BrClFNO4S. The van der Waals surface area contributed by atoms with Crippen LogP contribution in [0.2, 0.25) is 5.02 Å². The summed E-state index contributed by atoms with van der Waals surface area (Å²) in [4.78, 5) is 11.0. The molecule has 24 heavy (non-hydrogen) atoms. The molecule has 2 aromatic carbocycles. The molecule has 0 atom stereocenters. The molecule has 9 heteroatoms. The van der Waals surface area contributed by atoms with Gasteiger partial charge < -0.3 is 4.74 Å². The Hall–Kier alpha value is -1.64. The molecule has 2 aromatic rings. The molecule has 0 unspecified atom stereocenters. The molecule has 0 spiro atoms. The van der Waals surface area contributed by atoms with Crippen molar-refractivity contribution in [2.45, 2.75) is 11.8 Å². The minimum Gasteiger partial charge on any atom is -0.465 e. The lowest BCUT2D eigenvalue weighted by Gasteiger charge is -2.12. The molecule has 0 saturated carbocycles. The van der Waals surface area contributed by atoms with E-state index < -0.39 is 26.7 Å². The van der Waals surface area contributed by atoms with Crippen LogP contribution in [0.5, 0.6) is 0 Å². The number of rotatable bonds is 4. The molecule has 0 aliphatic rings. The SMILES string of the molecule is COC(=O)c1cc(S(=O)(=O)Nc2ccc(C)cc2Cl)c(F)cc1Br. The zero-order chi connectivity index (χ0) is 18.1. The topological polar surface area (TPSA) is 72.5 Å². The van der Waals surface area contributed by atoms with E-state index in [1.165, 1.54) is 6.07 Å². The molecule has 0 radical (unpaired) electrons. The first kappa shape index (κ1) is 18.7. The Morgan fingerprint density at radius 2 is 1.96 bits per heavy atom. The first-order valence-corrected chi connectivity index (χ1v) is 9.17. The lowest BCUT2D eigenvalue weighted by molar-refractivity contribution is 0.0599. The molecule has 0 aliphatic heterocycles. The summed E-state index contributed by atoms with van der Waals surface area (Å²) >= 11 is 8.99. The van der Waals surface area contributed by atoms with Crippen molar-refractivity contribution >= 4 is 49.2 Å². The molecular weight excluding hydrogens is 425 g/mol. The van der Waals surface area contributed by atoms with Crippen molar-refractivity contribution < 1.29 is 22.3 Å². The van der Waals surface area contributed by atoms with Crippen molar-refractivity contribution in [1.29, 1.82) is 0 Å². The van der Waals surface area contributed by atoms with Gasteiger partial charge >= 0.3 is 5.97 Å². The fourth-order valence-electron chi connectivity index (χ4n) is 1.90. The zero-order valence-electron chi connectivity index (χ0n) is 12.6. The predicted octanol–water partition coefficient (Wildman–Crippen LogP) is 4.14. The average Bonchev–Trinajstić information content (AvgIpc) is 2.49. The van der Waals surface area contributed by atoms with Crippen molar-refractivity contribution in [3.05, 3.63) is 56.8 Å². The molecule has 0 aromatic heterocycles. The van der Waals surface area contributed by atoms with Gasteiger partial charge in [0.1, 0.15) is 10.7 Å². The Labute approximate surface area is 152 Å². The molecule has 1 N–H and O–H groups in total. The number of methoxy groups -OCH3 is 1. The quantitative estimate of drug-likeness (QED) is 0.731. The third-order valence-corrected chi connectivity index (χ3v) is 5.43. The van der Waals surface area contributed by atoms with Gasteiger partial charge in [-0.1, -0.05) is 17.7 Å². The number of carbonyl (C=O) groups excluding carboxylic acids is 1. The fourth-order valence-corrected chi connectivity index (χ4v) is 3.89. The zero-order valence-corrected chi connectivity index (χ0v) is 15.7. The van der Waals surface area contributed by atoms with Crippen molar-refractivity contribution in [3.8, 4) is 0 Å². The van der Waals surface area contributed by atoms with Crippen LogP contribution in [0.15, 0.2) is 39.7 Å². The first-order chi connectivity index (χ1) is 11.2. The number of hydrogen-bond acceptors (Lipinski definition) is 4. The summed E-state index contributed by atoms with van der Waals surface area (Å²) in [6.07, 6.45) is 0. The highest BCUT2D eigenvalue weighted by molar-refractivity contribution is 9.10. The van der Waals surface area contributed by atoms with E-state index in [9.17, 15) is 17.6 Å². The van der Waals surface area contributed by atoms with Crippen molar-refractivity contribution in [1.82, 2.24) is 0 Å². The second kappa shape index (κ2) is 7.08. The minimum atomic E-state index is -4.30. The number of hydrogen-bond donors (Lipinski definition) is 1. The molecule has 0 fully saturated rings. The van der Waals surface area contributed by atoms with Gasteiger partial charge in [-0.05, 0) is 52.7 Å². The Bertz CT molecular complexity index is 918. The van der Waals surface area contributed by atoms with Gasteiger partial charge in [-0.15, -0.1) is 0 Å². The van der Waals surface area contributed by atoms with Crippen LogP contribution < -0.4 is 4.72 Å². The molecule has 0 amide bonds. The van der Waals surface area contributed by atoms with E-state index in [1.807, 2.05) is 0 Å². The van der Waals surface area contributed by atoms with E-state index in [1.54, 1.807) is 19.1 Å². The van der Waals surface area contributed by atoms with Crippen LogP contribution in [0.25, 0.3) is 0 Å². The number of nitrogens with one attached hydrogen (secondary N) is 1. The van der Waals surface area contributed by atoms with Gasteiger partial charge in [0.15, 0.2) is 0 Å². The van der Waals surface area contributed by atoms with E-state index in [2.05, 4.69) is 25.4 Å². The highest BCUT2D eigenvalue weighted by Gasteiger charge is 2.24. The standard InChI is InChI=1S/C15H12BrClFNO4S/c1-8-3-4-13(11(17)5-8)19-24(21,22)14-6-9(15(20)23-2)10(16)7-12(14)18/h3-7,19H,1-2H3. The molecule has 0 bridgehead atoms. The van der Waals surface area contributed by atoms with E-state index >= 15 is 0 Å². The van der Waals surface area contributed by atoms with Gasteiger partial charge in [-0.3, -0.25) is 4.72 Å². The van der Waals surface area contributed by atoms with Gasteiger partial charge in [-0.2, -0.15) is 0 Å². The van der Waals surface area contributed by atoms with Crippen molar-refractivity contribution in [2.75, 3.05) is 11.8 Å². The summed E-state index contributed by atoms with van der Waals surface area (Å²) < 4.78 is 45.9. The number of halogens is 3. The summed E-state index contributed by atoms with van der Waals surface area (Å²) in [6.45, 7) is 1.79. The van der Waals surface area contributed by atoms with Crippen LogP contribution >= 0.6 is 27.5 Å². The first-order valence-electron chi connectivity index (χ1n) is 6.52. The molecule has 5 nitrogen and oxygen atoms in total. The highest BCUT2D eigenvalue weighted by atomic mass is 79.9. The molecule has 0 heterocycles. The average molecular weight is 437 g/mol. The van der Waals surface area contributed by atoms with Crippen molar-refractivity contribution in [3.63, 3.8) is 0 Å². The number of ether oxygens (including phenoxy) is 1. The Kier molecular flexibility index (Phi) is 5.52.